The van der Waals surface area contributed by atoms with Gasteiger partial charge < -0.3 is 9.57 Å². The third kappa shape index (κ3) is 4.70. The fourth-order valence-corrected chi connectivity index (χ4v) is 2.29. The quantitative estimate of drug-likeness (QED) is 0.447. The van der Waals surface area contributed by atoms with Crippen molar-refractivity contribution in [2.75, 3.05) is 7.11 Å². The van der Waals surface area contributed by atoms with Crippen LogP contribution in [-0.2, 0) is 16.0 Å². The zero-order valence-electron chi connectivity index (χ0n) is 12.3. The van der Waals surface area contributed by atoms with Crippen molar-refractivity contribution in [3.05, 3.63) is 63.9 Å². The average molecular weight is 339 g/mol. The molecule has 2 aromatic rings. The molecule has 1 atom stereocenters. The van der Waals surface area contributed by atoms with Crippen LogP contribution in [0.2, 0.25) is 10.0 Å². The maximum absolute atomic E-state index is 6.27. The molecule has 1 heterocycles. The molecule has 0 spiro atoms. The monoisotopic (exact) mass is 338 g/mol. The highest BCUT2D eigenvalue weighted by molar-refractivity contribution is 6.37. The van der Waals surface area contributed by atoms with Crippen LogP contribution >= 0.6 is 23.2 Å². The summed E-state index contributed by atoms with van der Waals surface area (Å²) in [5.41, 5.74) is 2.44. The normalized spacial score (nSPS) is 13.0. The molecule has 6 heteroatoms. The number of oxime groups is 1. The van der Waals surface area contributed by atoms with Crippen molar-refractivity contribution < 1.29 is 9.57 Å². The van der Waals surface area contributed by atoms with Crippen LogP contribution in [0.15, 0.2) is 47.9 Å². The minimum absolute atomic E-state index is 0.449. The van der Waals surface area contributed by atoms with Gasteiger partial charge in [-0.1, -0.05) is 40.5 Å². The summed E-state index contributed by atoms with van der Waals surface area (Å²) in [6, 6.07) is 9.10. The third-order valence-electron chi connectivity index (χ3n) is 2.98. The topological polar surface area (TPSA) is 43.7 Å². The van der Waals surface area contributed by atoms with E-state index in [1.807, 2.05) is 18.2 Å². The van der Waals surface area contributed by atoms with Gasteiger partial charge >= 0.3 is 0 Å². The molecule has 1 aromatic carbocycles. The Kier molecular flexibility index (Phi) is 6.19. The lowest BCUT2D eigenvalue weighted by Crippen LogP contribution is -2.12. The second kappa shape index (κ2) is 8.13. The van der Waals surface area contributed by atoms with E-state index in [1.165, 1.54) is 0 Å². The highest BCUT2D eigenvalue weighted by Gasteiger charge is 2.12. The average Bonchev–Trinajstić information content (AvgIpc) is 2.52. The summed E-state index contributed by atoms with van der Waals surface area (Å²) in [5.74, 6) is 0. The standard InChI is InChI=1S/C16H16Cl2N2O2/c1-11(21-2)22-20-16(8-12-4-3-7-19-10-12)14-6-5-13(17)9-15(14)18/h3-7,9-11H,8H2,1-2H3. The molecule has 0 saturated heterocycles. The molecular formula is C16H16Cl2N2O2. The van der Waals surface area contributed by atoms with Crippen LogP contribution in [0.25, 0.3) is 0 Å². The lowest BCUT2D eigenvalue weighted by molar-refractivity contribution is -0.110. The molecule has 0 aliphatic heterocycles. The molecule has 1 unspecified atom stereocenters. The largest absolute Gasteiger partial charge is 0.364 e. The van der Waals surface area contributed by atoms with Crippen LogP contribution < -0.4 is 0 Å². The molecule has 0 bridgehead atoms. The number of aromatic nitrogens is 1. The Morgan fingerprint density at radius 3 is 2.77 bits per heavy atom. The molecule has 0 aliphatic carbocycles. The predicted octanol–water partition coefficient (Wildman–Crippen LogP) is 4.34. The molecule has 116 valence electrons. The van der Waals surface area contributed by atoms with Crippen LogP contribution in [0.5, 0.6) is 0 Å². The lowest BCUT2D eigenvalue weighted by Gasteiger charge is -2.12. The summed E-state index contributed by atoms with van der Waals surface area (Å²) < 4.78 is 5.04. The van der Waals surface area contributed by atoms with E-state index in [2.05, 4.69) is 10.1 Å². The van der Waals surface area contributed by atoms with E-state index in [-0.39, 0.29) is 0 Å². The van der Waals surface area contributed by atoms with Crippen molar-refractivity contribution in [3.63, 3.8) is 0 Å². The first-order valence-corrected chi connectivity index (χ1v) is 7.45. The Morgan fingerprint density at radius 1 is 1.32 bits per heavy atom. The molecule has 0 radical (unpaired) electrons. The van der Waals surface area contributed by atoms with Crippen molar-refractivity contribution >= 4 is 28.9 Å². The first-order valence-electron chi connectivity index (χ1n) is 6.70. The van der Waals surface area contributed by atoms with Gasteiger partial charge in [0.25, 0.3) is 0 Å². The van der Waals surface area contributed by atoms with Gasteiger partial charge in [-0.05, 0) is 23.8 Å². The van der Waals surface area contributed by atoms with Crippen LogP contribution in [0.4, 0.5) is 0 Å². The summed E-state index contributed by atoms with van der Waals surface area (Å²) in [4.78, 5) is 9.42. The molecule has 0 fully saturated rings. The van der Waals surface area contributed by atoms with E-state index < -0.39 is 6.29 Å². The van der Waals surface area contributed by atoms with Gasteiger partial charge in [0, 0.05) is 43.4 Å². The van der Waals surface area contributed by atoms with E-state index in [9.17, 15) is 0 Å². The van der Waals surface area contributed by atoms with Crippen molar-refractivity contribution in [2.24, 2.45) is 5.16 Å². The van der Waals surface area contributed by atoms with Crippen LogP contribution in [-0.4, -0.2) is 24.1 Å². The van der Waals surface area contributed by atoms with Crippen molar-refractivity contribution in [1.29, 1.82) is 0 Å². The highest BCUT2D eigenvalue weighted by Crippen LogP contribution is 2.23. The van der Waals surface area contributed by atoms with Gasteiger partial charge in [0.05, 0.1) is 10.7 Å². The molecule has 0 amide bonds. The second-order valence-electron chi connectivity index (χ2n) is 4.61. The number of hydrogen-bond acceptors (Lipinski definition) is 4. The molecule has 22 heavy (non-hydrogen) atoms. The first-order chi connectivity index (χ1) is 10.6. The van der Waals surface area contributed by atoms with Gasteiger partial charge in [-0.2, -0.15) is 0 Å². The molecular weight excluding hydrogens is 323 g/mol. The molecule has 4 nitrogen and oxygen atoms in total. The zero-order valence-corrected chi connectivity index (χ0v) is 13.8. The van der Waals surface area contributed by atoms with Crippen LogP contribution in [0.3, 0.4) is 0 Å². The fourth-order valence-electron chi connectivity index (χ4n) is 1.78. The van der Waals surface area contributed by atoms with Gasteiger partial charge in [0.2, 0.25) is 6.29 Å². The van der Waals surface area contributed by atoms with E-state index in [1.54, 1.807) is 38.6 Å². The number of methoxy groups -OCH3 is 1. The summed E-state index contributed by atoms with van der Waals surface area (Å²) in [7, 11) is 1.55. The summed E-state index contributed by atoms with van der Waals surface area (Å²) in [6.07, 6.45) is 3.58. The number of pyridine rings is 1. The lowest BCUT2D eigenvalue weighted by atomic mass is 10.0. The Balaban J connectivity index is 2.32. The summed E-state index contributed by atoms with van der Waals surface area (Å²) >= 11 is 12.2. The summed E-state index contributed by atoms with van der Waals surface area (Å²) in [6.45, 7) is 1.76. The highest BCUT2D eigenvalue weighted by atomic mass is 35.5. The van der Waals surface area contributed by atoms with E-state index in [0.717, 1.165) is 11.1 Å². The number of ether oxygens (including phenoxy) is 1. The Morgan fingerprint density at radius 2 is 2.14 bits per heavy atom. The summed E-state index contributed by atoms with van der Waals surface area (Å²) in [5, 5.41) is 5.27. The number of benzene rings is 1. The van der Waals surface area contributed by atoms with E-state index in [4.69, 9.17) is 32.8 Å². The predicted molar refractivity (Wildman–Crippen MR) is 88.5 cm³/mol. The van der Waals surface area contributed by atoms with E-state index in [0.29, 0.717) is 22.2 Å². The molecule has 0 N–H and O–H groups in total. The SMILES string of the molecule is COC(C)ON=C(Cc1cccnc1)c1ccc(Cl)cc1Cl. The van der Waals surface area contributed by atoms with Gasteiger partial charge in [0.15, 0.2) is 0 Å². The minimum Gasteiger partial charge on any atom is -0.364 e. The van der Waals surface area contributed by atoms with Crippen LogP contribution in [0, 0.1) is 0 Å². The Labute approximate surface area is 139 Å². The van der Waals surface area contributed by atoms with Gasteiger partial charge in [0.1, 0.15) is 0 Å². The fraction of sp³-hybridized carbons (Fsp3) is 0.250. The van der Waals surface area contributed by atoms with Crippen molar-refractivity contribution in [3.8, 4) is 0 Å². The smallest absolute Gasteiger partial charge is 0.223 e. The first kappa shape index (κ1) is 16.7. The maximum atomic E-state index is 6.27. The van der Waals surface area contributed by atoms with E-state index >= 15 is 0 Å². The zero-order chi connectivity index (χ0) is 15.9. The third-order valence-corrected chi connectivity index (χ3v) is 3.53. The molecule has 2 rings (SSSR count). The van der Waals surface area contributed by atoms with Crippen molar-refractivity contribution in [2.45, 2.75) is 19.6 Å². The van der Waals surface area contributed by atoms with Gasteiger partial charge in [-0.3, -0.25) is 4.98 Å². The van der Waals surface area contributed by atoms with Crippen molar-refractivity contribution in [1.82, 2.24) is 4.98 Å². The number of nitrogens with zero attached hydrogens (tertiary/aromatic N) is 2. The van der Waals surface area contributed by atoms with Crippen LogP contribution in [0.1, 0.15) is 18.1 Å². The van der Waals surface area contributed by atoms with Gasteiger partial charge in [-0.15, -0.1) is 0 Å². The minimum atomic E-state index is -0.449. The molecule has 1 aromatic heterocycles. The molecule has 0 saturated carbocycles. The van der Waals surface area contributed by atoms with Gasteiger partial charge in [-0.25, -0.2) is 0 Å². The molecule has 0 aliphatic rings. The second-order valence-corrected chi connectivity index (χ2v) is 5.45. The maximum Gasteiger partial charge on any atom is 0.223 e. The Hall–Kier alpha value is -1.62. The number of hydrogen-bond donors (Lipinski definition) is 0. The Bertz CT molecular complexity index is 648. The number of halogens is 2. The number of rotatable bonds is 6.